The predicted octanol–water partition coefficient (Wildman–Crippen LogP) is 3.01. The standard InChI is InChI=1S/C20H19N5O2/c1-13-3-5-14(6-4-13)19-23-20-22-16(11-18(26)25(20)24-19)12-21-15-7-9-17(27-2)10-8-15/h3-11,21H,12H2,1-2H3,(H,22,23,24). The molecule has 27 heavy (non-hydrogen) atoms. The molecule has 0 spiro atoms. The molecular formula is C20H19N5O2. The van der Waals surface area contributed by atoms with Gasteiger partial charge in [0.1, 0.15) is 5.75 Å². The molecule has 0 saturated carbocycles. The fourth-order valence-corrected chi connectivity index (χ4v) is 2.76. The Balaban J connectivity index is 1.59. The minimum Gasteiger partial charge on any atom is -0.497 e. The molecule has 4 aromatic rings. The summed E-state index contributed by atoms with van der Waals surface area (Å²) < 4.78 is 6.43. The minimum atomic E-state index is -0.221. The Morgan fingerprint density at radius 3 is 2.56 bits per heavy atom. The molecule has 4 rings (SSSR count). The molecule has 2 aromatic carbocycles. The Morgan fingerprint density at radius 1 is 1.11 bits per heavy atom. The van der Waals surface area contributed by atoms with Crippen LogP contribution in [0, 0.1) is 6.92 Å². The summed E-state index contributed by atoms with van der Waals surface area (Å²) in [7, 11) is 1.63. The van der Waals surface area contributed by atoms with Crippen molar-refractivity contribution in [2.24, 2.45) is 0 Å². The lowest BCUT2D eigenvalue weighted by Crippen LogP contribution is -2.17. The van der Waals surface area contributed by atoms with Gasteiger partial charge >= 0.3 is 0 Å². The second-order valence-corrected chi connectivity index (χ2v) is 6.25. The summed E-state index contributed by atoms with van der Waals surface area (Å²) in [4.78, 5) is 20.0. The Kier molecular flexibility index (Phi) is 4.33. The van der Waals surface area contributed by atoms with Gasteiger partial charge < -0.3 is 15.0 Å². The van der Waals surface area contributed by atoms with Crippen LogP contribution in [0.4, 0.5) is 5.69 Å². The van der Waals surface area contributed by atoms with Crippen molar-refractivity contribution in [3.8, 4) is 17.1 Å². The minimum absolute atomic E-state index is 0.221. The third kappa shape index (κ3) is 3.52. The van der Waals surface area contributed by atoms with Gasteiger partial charge in [-0.2, -0.15) is 9.50 Å². The highest BCUT2D eigenvalue weighted by Crippen LogP contribution is 2.17. The van der Waals surface area contributed by atoms with Crippen molar-refractivity contribution in [1.82, 2.24) is 19.6 Å². The number of hydrogen-bond donors (Lipinski definition) is 2. The highest BCUT2D eigenvalue weighted by Gasteiger charge is 2.10. The van der Waals surface area contributed by atoms with E-state index in [1.54, 1.807) is 7.11 Å². The highest BCUT2D eigenvalue weighted by atomic mass is 16.5. The molecule has 2 N–H and O–H groups in total. The number of nitrogens with one attached hydrogen (secondary N) is 2. The van der Waals surface area contributed by atoms with E-state index in [0.29, 0.717) is 18.1 Å². The van der Waals surface area contributed by atoms with E-state index in [4.69, 9.17) is 4.74 Å². The van der Waals surface area contributed by atoms with Crippen LogP contribution in [-0.4, -0.2) is 26.7 Å². The first kappa shape index (κ1) is 16.8. The van der Waals surface area contributed by atoms with E-state index in [2.05, 4.69) is 20.4 Å². The largest absolute Gasteiger partial charge is 0.497 e. The molecule has 0 fully saturated rings. The average Bonchev–Trinajstić information content (AvgIpc) is 3.12. The van der Waals surface area contributed by atoms with Crippen LogP contribution in [0.2, 0.25) is 0 Å². The molecule has 2 heterocycles. The van der Waals surface area contributed by atoms with Crippen LogP contribution in [0.3, 0.4) is 0 Å². The molecule has 0 radical (unpaired) electrons. The topological polar surface area (TPSA) is 84.3 Å². The van der Waals surface area contributed by atoms with Gasteiger partial charge in [-0.25, -0.2) is 0 Å². The zero-order valence-corrected chi connectivity index (χ0v) is 15.1. The number of fused-ring (bicyclic) bond motifs is 1. The number of aromatic nitrogens is 4. The summed E-state index contributed by atoms with van der Waals surface area (Å²) >= 11 is 0. The first-order valence-corrected chi connectivity index (χ1v) is 8.56. The summed E-state index contributed by atoms with van der Waals surface area (Å²) in [6.45, 7) is 2.48. The zero-order valence-electron chi connectivity index (χ0n) is 15.1. The average molecular weight is 361 g/mol. The lowest BCUT2D eigenvalue weighted by molar-refractivity contribution is 0.415. The maximum Gasteiger partial charge on any atom is 0.275 e. The van der Waals surface area contributed by atoms with Crippen LogP contribution in [0.25, 0.3) is 17.2 Å². The molecule has 0 unspecified atom stereocenters. The molecule has 0 saturated heterocycles. The summed E-state index contributed by atoms with van der Waals surface area (Å²) in [5.74, 6) is 1.73. The molecule has 2 aromatic heterocycles. The monoisotopic (exact) mass is 361 g/mol. The van der Waals surface area contributed by atoms with Gasteiger partial charge in [0.05, 0.1) is 13.7 Å². The number of ether oxygens (including phenoxy) is 1. The fraction of sp³-hybridized carbons (Fsp3) is 0.150. The van der Waals surface area contributed by atoms with Gasteiger partial charge in [-0.05, 0) is 31.2 Å². The van der Waals surface area contributed by atoms with E-state index in [1.807, 2.05) is 55.5 Å². The number of anilines is 1. The summed E-state index contributed by atoms with van der Waals surface area (Å²) in [5, 5.41) is 7.58. The quantitative estimate of drug-likeness (QED) is 0.571. The van der Waals surface area contributed by atoms with Gasteiger partial charge in [0.2, 0.25) is 5.78 Å². The summed E-state index contributed by atoms with van der Waals surface area (Å²) in [5.41, 5.74) is 3.46. The number of nitrogens with zero attached hydrogens (tertiary/aromatic N) is 3. The van der Waals surface area contributed by atoms with E-state index in [9.17, 15) is 4.79 Å². The molecule has 0 aliphatic carbocycles. The van der Waals surface area contributed by atoms with Crippen LogP contribution < -0.4 is 15.6 Å². The number of methoxy groups -OCH3 is 1. The summed E-state index contributed by atoms with van der Waals surface area (Å²) in [6.07, 6.45) is 0. The molecule has 7 nitrogen and oxygen atoms in total. The lowest BCUT2D eigenvalue weighted by atomic mass is 10.1. The first-order chi connectivity index (χ1) is 13.1. The predicted molar refractivity (Wildman–Crippen MR) is 104 cm³/mol. The SMILES string of the molecule is COc1ccc(NCc2cc(=O)n3nc(-c4ccc(C)cc4)nc3[nH]2)cc1. The van der Waals surface area contributed by atoms with Crippen LogP contribution >= 0.6 is 0 Å². The Labute approximate surface area is 155 Å². The Morgan fingerprint density at radius 2 is 1.85 bits per heavy atom. The molecule has 136 valence electrons. The maximum absolute atomic E-state index is 12.4. The van der Waals surface area contributed by atoms with Crippen molar-refractivity contribution in [3.05, 3.63) is 76.2 Å². The molecule has 0 atom stereocenters. The van der Waals surface area contributed by atoms with Crippen molar-refractivity contribution >= 4 is 11.5 Å². The van der Waals surface area contributed by atoms with E-state index < -0.39 is 0 Å². The van der Waals surface area contributed by atoms with Gasteiger partial charge in [0.15, 0.2) is 5.82 Å². The number of benzene rings is 2. The number of hydrogen-bond acceptors (Lipinski definition) is 5. The number of rotatable bonds is 5. The molecule has 7 heteroatoms. The van der Waals surface area contributed by atoms with Crippen molar-refractivity contribution in [2.75, 3.05) is 12.4 Å². The number of aromatic amines is 1. The van der Waals surface area contributed by atoms with Crippen molar-refractivity contribution in [2.45, 2.75) is 13.5 Å². The van der Waals surface area contributed by atoms with Gasteiger partial charge in [0, 0.05) is 23.0 Å². The Hall–Kier alpha value is -3.61. The van der Waals surface area contributed by atoms with E-state index >= 15 is 0 Å². The Bertz CT molecular complexity index is 1130. The maximum atomic E-state index is 12.4. The fourth-order valence-electron chi connectivity index (χ4n) is 2.76. The number of aryl methyl sites for hydroxylation is 1. The third-order valence-corrected chi connectivity index (χ3v) is 4.27. The third-order valence-electron chi connectivity index (χ3n) is 4.27. The molecule has 0 amide bonds. The van der Waals surface area contributed by atoms with E-state index in [-0.39, 0.29) is 5.56 Å². The molecule has 0 aliphatic heterocycles. The molecule has 0 bridgehead atoms. The van der Waals surface area contributed by atoms with Crippen molar-refractivity contribution in [1.29, 1.82) is 0 Å². The van der Waals surface area contributed by atoms with E-state index in [1.165, 1.54) is 10.6 Å². The summed E-state index contributed by atoms with van der Waals surface area (Å²) in [6, 6.07) is 17.0. The normalized spacial score (nSPS) is 10.9. The lowest BCUT2D eigenvalue weighted by Gasteiger charge is -2.07. The van der Waals surface area contributed by atoms with Crippen LogP contribution in [0.1, 0.15) is 11.3 Å². The van der Waals surface area contributed by atoms with Crippen LogP contribution in [0.15, 0.2) is 59.4 Å². The van der Waals surface area contributed by atoms with Crippen LogP contribution in [-0.2, 0) is 6.54 Å². The smallest absolute Gasteiger partial charge is 0.275 e. The van der Waals surface area contributed by atoms with Crippen molar-refractivity contribution in [3.63, 3.8) is 0 Å². The second-order valence-electron chi connectivity index (χ2n) is 6.25. The van der Waals surface area contributed by atoms with Gasteiger partial charge in [-0.3, -0.25) is 4.79 Å². The highest BCUT2D eigenvalue weighted by molar-refractivity contribution is 5.57. The molecular weight excluding hydrogens is 342 g/mol. The van der Waals surface area contributed by atoms with Gasteiger partial charge in [-0.15, -0.1) is 5.10 Å². The van der Waals surface area contributed by atoms with Gasteiger partial charge in [0.25, 0.3) is 5.56 Å². The first-order valence-electron chi connectivity index (χ1n) is 8.56. The van der Waals surface area contributed by atoms with Gasteiger partial charge in [-0.1, -0.05) is 29.8 Å². The van der Waals surface area contributed by atoms with E-state index in [0.717, 1.165) is 28.3 Å². The zero-order chi connectivity index (χ0) is 18.8. The number of H-pyrrole nitrogens is 1. The molecule has 0 aliphatic rings. The van der Waals surface area contributed by atoms with Crippen molar-refractivity contribution < 1.29 is 4.74 Å². The second kappa shape index (κ2) is 6.95. The van der Waals surface area contributed by atoms with Crippen LogP contribution in [0.5, 0.6) is 5.75 Å².